The lowest BCUT2D eigenvalue weighted by Crippen LogP contribution is -2.25. The van der Waals surface area contributed by atoms with Crippen LogP contribution in [0.4, 0.5) is 0 Å². The molecule has 8 nitrogen and oxygen atoms in total. The van der Waals surface area contributed by atoms with Crippen LogP contribution >= 0.6 is 11.3 Å². The van der Waals surface area contributed by atoms with Crippen LogP contribution in [0.3, 0.4) is 0 Å². The highest BCUT2D eigenvalue weighted by atomic mass is 32.1. The van der Waals surface area contributed by atoms with Gasteiger partial charge in [-0.05, 0) is 104 Å². The number of nitrogens with zero attached hydrogens (tertiary/aromatic N) is 7. The van der Waals surface area contributed by atoms with E-state index in [1.54, 1.807) is 0 Å². The Bertz CT molecular complexity index is 6320. The van der Waals surface area contributed by atoms with E-state index in [2.05, 4.69) is 259 Å². The van der Waals surface area contributed by atoms with Crippen LogP contribution in [0.2, 0.25) is 0 Å². The second-order valence-corrected chi connectivity index (χ2v) is 26.6. The van der Waals surface area contributed by atoms with Gasteiger partial charge in [0.1, 0.15) is 11.2 Å². The van der Waals surface area contributed by atoms with Crippen molar-refractivity contribution in [1.29, 1.82) is 0 Å². The number of fused-ring (bicyclic) bond motifs is 21. The lowest BCUT2D eigenvalue weighted by Gasteiger charge is -2.30. The molecule has 5 aromatic heterocycles. The van der Waals surface area contributed by atoms with E-state index in [1.165, 1.54) is 75.5 Å². The summed E-state index contributed by atoms with van der Waals surface area (Å²) in [4.78, 5) is 30.8. The Morgan fingerprint density at radius 1 is 0.280 bits per heavy atom. The fourth-order valence-corrected chi connectivity index (χ4v) is 16.8. The van der Waals surface area contributed by atoms with Crippen molar-refractivity contribution in [2.24, 2.45) is 0 Å². The van der Waals surface area contributed by atoms with E-state index < -0.39 is 5.41 Å². The molecule has 0 fully saturated rings. The molecule has 0 saturated heterocycles. The van der Waals surface area contributed by atoms with Gasteiger partial charge in [0, 0.05) is 75.1 Å². The average molecular weight is 1290 g/mol. The van der Waals surface area contributed by atoms with E-state index in [1.807, 2.05) is 90.2 Å². The van der Waals surface area contributed by atoms with Crippen molar-refractivity contribution in [3.8, 4) is 107 Å². The molecule has 1 unspecified atom stereocenters. The van der Waals surface area contributed by atoms with Gasteiger partial charge in [0.25, 0.3) is 0 Å². The van der Waals surface area contributed by atoms with E-state index >= 15 is 0 Å². The Kier molecular flexibility index (Phi) is 13.2. The highest BCUT2D eigenvalue weighted by Crippen LogP contribution is 2.64. The first-order chi connectivity index (χ1) is 49.6. The monoisotopic (exact) mass is 1290 g/mol. The van der Waals surface area contributed by atoms with Crippen LogP contribution in [0.15, 0.2) is 338 Å². The Hall–Kier alpha value is -13.1. The van der Waals surface area contributed by atoms with Gasteiger partial charge in [-0.25, -0.2) is 19.9 Å². The molecule has 19 aromatic rings. The molecule has 14 aromatic carbocycles. The molecule has 466 valence electrons. The van der Waals surface area contributed by atoms with E-state index in [0.29, 0.717) is 35.1 Å². The van der Waals surface area contributed by atoms with E-state index in [0.717, 1.165) is 83.0 Å². The lowest BCUT2D eigenvalue weighted by molar-refractivity contribution is 0.669. The summed E-state index contributed by atoms with van der Waals surface area (Å²) >= 11 is 1.85. The Labute approximate surface area is 579 Å². The third kappa shape index (κ3) is 9.06. The summed E-state index contributed by atoms with van der Waals surface area (Å²) in [6.07, 6.45) is 0. The molecule has 5 heterocycles. The van der Waals surface area contributed by atoms with Crippen molar-refractivity contribution in [3.63, 3.8) is 0 Å². The van der Waals surface area contributed by atoms with Gasteiger partial charge < -0.3 is 4.42 Å². The molecule has 1 atom stereocenters. The molecule has 100 heavy (non-hydrogen) atoms. The topological polar surface area (TPSA) is 95.4 Å². The minimum absolute atomic E-state index is 0.543. The number of aromatic nitrogens is 7. The number of rotatable bonds is 8. The molecule has 0 saturated carbocycles. The molecular weight excluding hydrogens is 1240 g/mol. The van der Waals surface area contributed by atoms with Crippen molar-refractivity contribution in [2.45, 2.75) is 5.41 Å². The summed E-state index contributed by atoms with van der Waals surface area (Å²) in [6.45, 7) is 0. The lowest BCUT2D eigenvalue weighted by atomic mass is 9.70. The largest absolute Gasteiger partial charge is 0.455 e. The quantitative estimate of drug-likeness (QED) is 0.150. The molecule has 0 bridgehead atoms. The molecule has 21 rings (SSSR count). The number of hydrogen-bond acceptors (Lipinski definition) is 8. The highest BCUT2D eigenvalue weighted by molar-refractivity contribution is 7.26. The van der Waals surface area contributed by atoms with Crippen molar-refractivity contribution in [1.82, 2.24) is 34.5 Å². The maximum Gasteiger partial charge on any atom is 0.238 e. The van der Waals surface area contributed by atoms with Crippen LogP contribution in [-0.2, 0) is 5.41 Å². The van der Waals surface area contributed by atoms with Crippen LogP contribution in [0.25, 0.3) is 171 Å². The molecule has 0 aliphatic heterocycles. The summed E-state index contributed by atoms with van der Waals surface area (Å²) < 4.78 is 11.5. The summed E-state index contributed by atoms with van der Waals surface area (Å²) in [7, 11) is 0. The van der Waals surface area contributed by atoms with Crippen molar-refractivity contribution >= 4 is 75.3 Å². The predicted molar refractivity (Wildman–Crippen MR) is 409 cm³/mol. The number of benzene rings is 14. The maximum absolute atomic E-state index is 6.71. The zero-order chi connectivity index (χ0) is 65.8. The fraction of sp³-hybridized carbons (Fsp3) is 0.0110. The van der Waals surface area contributed by atoms with Crippen LogP contribution in [0.1, 0.15) is 22.3 Å². The second kappa shape index (κ2) is 23.1. The average Bonchev–Trinajstić information content (AvgIpc) is 1.50. The summed E-state index contributed by atoms with van der Waals surface area (Å²) in [5, 5.41) is 7.23. The molecule has 0 N–H and O–H groups in total. The third-order valence-electron chi connectivity index (χ3n) is 20.0. The first-order valence-corrected chi connectivity index (χ1v) is 34.5. The van der Waals surface area contributed by atoms with Gasteiger partial charge in [-0.15, -0.1) is 11.3 Å². The molecular formula is C91H55N7OS. The van der Waals surface area contributed by atoms with Gasteiger partial charge in [0.05, 0.1) is 16.4 Å². The highest BCUT2D eigenvalue weighted by Gasteiger charge is 2.52. The van der Waals surface area contributed by atoms with Gasteiger partial charge in [-0.2, -0.15) is 9.97 Å². The third-order valence-corrected chi connectivity index (χ3v) is 21.2. The standard InChI is InChI=1S/C46H27N3O.C45H28N4S/c1-3-13-28(14-4-1)43-47-44(29-15-5-2-6-16-29)49-45(48-43)30-23-24-32-31-17-7-10-20-36(31)46(39(32)27-30)37-21-11-8-19-35(37)41-38(46)26-25-34-33-18-9-12-22-40(33)50-42(34)41;1-3-13-29(14-4-1)31-17-11-19-33(27-31)43-46-44(34-20-12-18-32(28-34)30-15-5-2-6-16-30)48-45(47-43)49-38-23-9-7-22-37(38)41-39(49)26-25-36-35-21-8-10-24-40(35)50-42(36)41/h1-27H;1-28H. The number of furan rings is 1. The predicted octanol–water partition coefficient (Wildman–Crippen LogP) is 23.1. The summed E-state index contributed by atoms with van der Waals surface area (Å²) in [6, 6.07) is 117. The first-order valence-electron chi connectivity index (χ1n) is 33.7. The summed E-state index contributed by atoms with van der Waals surface area (Å²) in [5.41, 5.74) is 22.5. The van der Waals surface area contributed by atoms with Gasteiger partial charge in [-0.1, -0.05) is 291 Å². The fourth-order valence-electron chi connectivity index (χ4n) is 15.6. The zero-order valence-corrected chi connectivity index (χ0v) is 54.5. The van der Waals surface area contributed by atoms with Gasteiger partial charge >= 0.3 is 0 Å². The van der Waals surface area contributed by atoms with Crippen LogP contribution in [0.5, 0.6) is 0 Å². The van der Waals surface area contributed by atoms with E-state index in [4.69, 9.17) is 34.3 Å². The van der Waals surface area contributed by atoms with Crippen molar-refractivity contribution in [3.05, 3.63) is 356 Å². The van der Waals surface area contributed by atoms with E-state index in [-0.39, 0.29) is 0 Å². The Morgan fingerprint density at radius 2 is 0.750 bits per heavy atom. The van der Waals surface area contributed by atoms with Crippen molar-refractivity contribution in [2.75, 3.05) is 0 Å². The molecule has 2 aliphatic carbocycles. The maximum atomic E-state index is 6.71. The zero-order valence-electron chi connectivity index (χ0n) is 53.7. The normalized spacial score (nSPS) is 13.4. The molecule has 1 spiro atoms. The molecule has 0 amide bonds. The van der Waals surface area contributed by atoms with Gasteiger partial charge in [-0.3, -0.25) is 4.57 Å². The number of thiophene rings is 1. The second-order valence-electron chi connectivity index (χ2n) is 25.6. The smallest absolute Gasteiger partial charge is 0.238 e. The molecule has 0 radical (unpaired) electrons. The Balaban J connectivity index is 0.000000135. The van der Waals surface area contributed by atoms with Gasteiger partial charge in [0.15, 0.2) is 29.1 Å². The van der Waals surface area contributed by atoms with Gasteiger partial charge in [0.2, 0.25) is 5.95 Å². The van der Waals surface area contributed by atoms with Crippen LogP contribution in [-0.4, -0.2) is 34.5 Å². The minimum Gasteiger partial charge on any atom is -0.455 e. The first kappa shape index (κ1) is 57.2. The Morgan fingerprint density at radius 3 is 1.40 bits per heavy atom. The molecule has 9 heteroatoms. The number of hydrogen-bond donors (Lipinski definition) is 0. The van der Waals surface area contributed by atoms with Crippen LogP contribution < -0.4 is 0 Å². The van der Waals surface area contributed by atoms with Crippen LogP contribution in [0, 0.1) is 0 Å². The minimum atomic E-state index is -0.543. The number of para-hydroxylation sites is 2. The summed E-state index contributed by atoms with van der Waals surface area (Å²) in [5.74, 6) is 3.79. The SMILES string of the molecule is c1ccc(-c2cccc(-c3nc(-c4cccc(-c5ccccc5)c4)nc(-n4c5ccccc5c5c6sc7ccccc7c6ccc54)n3)c2)cc1.c1ccc(-c2nc(-c3ccccc3)nc(-c3ccc4c(c3)C3(c5ccccc5-4)c4ccccc4-c4c3ccc3c4oc4ccccc43)n2)cc1. The van der Waals surface area contributed by atoms with Crippen molar-refractivity contribution < 1.29 is 4.42 Å². The molecule has 2 aliphatic rings. The van der Waals surface area contributed by atoms with E-state index in [9.17, 15) is 0 Å².